The van der Waals surface area contributed by atoms with E-state index in [-0.39, 0.29) is 30.9 Å². The lowest BCUT2D eigenvalue weighted by molar-refractivity contribution is -0.132. The van der Waals surface area contributed by atoms with Crippen molar-refractivity contribution in [2.24, 2.45) is 5.73 Å². The molecule has 0 aromatic heterocycles. The second-order valence-corrected chi connectivity index (χ2v) is 3.70. The maximum absolute atomic E-state index is 11.5. The van der Waals surface area contributed by atoms with Crippen LogP contribution in [0.1, 0.15) is 20.3 Å². The van der Waals surface area contributed by atoms with Crippen molar-refractivity contribution in [1.82, 2.24) is 10.2 Å². The number of carbonyl (C=O) groups excluding carboxylic acids is 2. The molecule has 0 aliphatic heterocycles. The van der Waals surface area contributed by atoms with Gasteiger partial charge in [-0.15, -0.1) is 0 Å². The summed E-state index contributed by atoms with van der Waals surface area (Å²) in [5, 5.41) is 2.56. The number of carbonyl (C=O) groups is 2. The van der Waals surface area contributed by atoms with E-state index in [1.165, 1.54) is 0 Å². The minimum absolute atomic E-state index is 0.0204. The third-order valence-electron chi connectivity index (χ3n) is 2.42. The number of ether oxygens (including phenoxy) is 1. The first-order valence-electron chi connectivity index (χ1n) is 5.87. The number of rotatable bonds is 8. The second kappa shape index (κ2) is 8.95. The Morgan fingerprint density at radius 3 is 2.53 bits per heavy atom. The molecule has 100 valence electrons. The number of nitrogens with two attached hydrogens (primary N) is 1. The summed E-state index contributed by atoms with van der Waals surface area (Å²) in [5.74, 6) is -0.326. The Kier molecular flexibility index (Phi) is 8.35. The van der Waals surface area contributed by atoms with Crippen LogP contribution in [0, 0.1) is 0 Å². The van der Waals surface area contributed by atoms with Crippen LogP contribution in [0.5, 0.6) is 0 Å². The summed E-state index contributed by atoms with van der Waals surface area (Å²) < 4.78 is 5.26. The smallest absolute Gasteiger partial charge is 0.241 e. The lowest BCUT2D eigenvalue weighted by Gasteiger charge is -2.16. The predicted octanol–water partition coefficient (Wildman–Crippen LogP) is -0.665. The maximum atomic E-state index is 11.5. The molecule has 0 saturated heterocycles. The topological polar surface area (TPSA) is 84.7 Å². The molecular formula is C11H23N3O3. The first-order valence-corrected chi connectivity index (χ1v) is 5.87. The second-order valence-electron chi connectivity index (χ2n) is 3.70. The van der Waals surface area contributed by atoms with Crippen LogP contribution in [-0.4, -0.2) is 56.1 Å². The van der Waals surface area contributed by atoms with Crippen LogP contribution in [0.4, 0.5) is 0 Å². The summed E-state index contributed by atoms with van der Waals surface area (Å²) in [5.41, 5.74) is 5.45. The van der Waals surface area contributed by atoms with Gasteiger partial charge in [0.2, 0.25) is 11.8 Å². The van der Waals surface area contributed by atoms with E-state index in [0.717, 1.165) is 0 Å². The summed E-state index contributed by atoms with van der Waals surface area (Å²) in [6.45, 7) is 5.18. The predicted molar refractivity (Wildman–Crippen MR) is 65.4 cm³/mol. The van der Waals surface area contributed by atoms with Crippen LogP contribution in [0.25, 0.3) is 0 Å². The van der Waals surface area contributed by atoms with Crippen molar-refractivity contribution in [2.45, 2.75) is 26.4 Å². The molecule has 0 bridgehead atoms. The van der Waals surface area contributed by atoms with Crippen molar-refractivity contribution >= 4 is 11.8 Å². The van der Waals surface area contributed by atoms with Crippen molar-refractivity contribution in [3.05, 3.63) is 0 Å². The summed E-state index contributed by atoms with van der Waals surface area (Å²) in [7, 11) is 1.69. The zero-order valence-corrected chi connectivity index (χ0v) is 10.9. The minimum Gasteiger partial charge on any atom is -0.377 e. The molecule has 0 radical (unpaired) electrons. The highest BCUT2D eigenvalue weighted by atomic mass is 16.5. The molecule has 3 N–H and O–H groups in total. The Bertz CT molecular complexity index is 246. The molecule has 1 unspecified atom stereocenters. The van der Waals surface area contributed by atoms with Gasteiger partial charge in [-0.1, -0.05) is 0 Å². The highest BCUT2D eigenvalue weighted by Crippen LogP contribution is 1.96. The van der Waals surface area contributed by atoms with Gasteiger partial charge in [0.25, 0.3) is 0 Å². The molecule has 0 spiro atoms. The minimum atomic E-state index is -0.279. The van der Waals surface area contributed by atoms with E-state index in [9.17, 15) is 9.59 Å². The average molecular weight is 245 g/mol. The van der Waals surface area contributed by atoms with E-state index in [1.54, 1.807) is 11.9 Å². The van der Waals surface area contributed by atoms with Crippen molar-refractivity contribution in [3.63, 3.8) is 0 Å². The molecule has 0 aliphatic rings. The van der Waals surface area contributed by atoms with Gasteiger partial charge in [-0.2, -0.15) is 0 Å². The molecule has 2 amide bonds. The van der Waals surface area contributed by atoms with Gasteiger partial charge in [0.05, 0.1) is 19.1 Å². The number of nitrogens with one attached hydrogen (secondary N) is 1. The Labute approximate surface area is 102 Å². The van der Waals surface area contributed by atoms with Crippen LogP contribution >= 0.6 is 0 Å². The van der Waals surface area contributed by atoms with Gasteiger partial charge in [0, 0.05) is 26.7 Å². The number of hydrogen-bond acceptors (Lipinski definition) is 4. The largest absolute Gasteiger partial charge is 0.377 e. The number of hydrogen-bond donors (Lipinski definition) is 2. The van der Waals surface area contributed by atoms with Crippen LogP contribution in [0.2, 0.25) is 0 Å². The standard InChI is InChI=1S/C11H23N3O3/c1-4-14(3)11(16)8-13-10(15)6-9(7-12)17-5-2/h9H,4-8,12H2,1-3H3,(H,13,15). The summed E-state index contributed by atoms with van der Waals surface area (Å²) in [6, 6.07) is 0. The van der Waals surface area contributed by atoms with Gasteiger partial charge in [-0.25, -0.2) is 0 Å². The summed E-state index contributed by atoms with van der Waals surface area (Å²) in [4.78, 5) is 24.4. The van der Waals surface area contributed by atoms with E-state index < -0.39 is 0 Å². The fourth-order valence-electron chi connectivity index (χ4n) is 1.21. The van der Waals surface area contributed by atoms with E-state index in [1.807, 2.05) is 13.8 Å². The van der Waals surface area contributed by atoms with Crippen molar-refractivity contribution in [1.29, 1.82) is 0 Å². The highest BCUT2D eigenvalue weighted by molar-refractivity contribution is 5.84. The van der Waals surface area contributed by atoms with Crippen LogP contribution in [-0.2, 0) is 14.3 Å². The van der Waals surface area contributed by atoms with Crippen molar-refractivity contribution in [3.8, 4) is 0 Å². The molecule has 17 heavy (non-hydrogen) atoms. The molecule has 1 atom stereocenters. The molecule has 6 nitrogen and oxygen atoms in total. The molecule has 0 aliphatic carbocycles. The van der Waals surface area contributed by atoms with Gasteiger partial charge in [0.15, 0.2) is 0 Å². The molecule has 0 fully saturated rings. The Morgan fingerprint density at radius 1 is 1.41 bits per heavy atom. The molecular weight excluding hydrogens is 222 g/mol. The third kappa shape index (κ3) is 6.91. The zero-order valence-electron chi connectivity index (χ0n) is 10.9. The highest BCUT2D eigenvalue weighted by Gasteiger charge is 2.14. The summed E-state index contributed by atoms with van der Waals surface area (Å²) >= 11 is 0. The molecule has 0 aromatic carbocycles. The van der Waals surface area contributed by atoms with E-state index >= 15 is 0 Å². The van der Waals surface area contributed by atoms with Crippen molar-refractivity contribution < 1.29 is 14.3 Å². The average Bonchev–Trinajstić information content (AvgIpc) is 2.34. The fraction of sp³-hybridized carbons (Fsp3) is 0.818. The molecule has 0 heterocycles. The zero-order chi connectivity index (χ0) is 13.3. The number of nitrogens with zero attached hydrogens (tertiary/aromatic N) is 1. The van der Waals surface area contributed by atoms with Gasteiger partial charge in [-0.05, 0) is 13.8 Å². The van der Waals surface area contributed by atoms with E-state index in [0.29, 0.717) is 19.7 Å². The first-order chi connectivity index (χ1) is 8.04. The molecule has 6 heteroatoms. The Balaban J connectivity index is 3.89. The van der Waals surface area contributed by atoms with Gasteiger partial charge in [-0.3, -0.25) is 9.59 Å². The lowest BCUT2D eigenvalue weighted by atomic mass is 10.2. The van der Waals surface area contributed by atoms with Crippen LogP contribution in [0.15, 0.2) is 0 Å². The number of amides is 2. The van der Waals surface area contributed by atoms with Gasteiger partial charge in [0.1, 0.15) is 0 Å². The Hall–Kier alpha value is -1.14. The fourth-order valence-corrected chi connectivity index (χ4v) is 1.21. The maximum Gasteiger partial charge on any atom is 0.241 e. The van der Waals surface area contributed by atoms with Crippen molar-refractivity contribution in [2.75, 3.05) is 33.3 Å². The van der Waals surface area contributed by atoms with Gasteiger partial charge >= 0.3 is 0 Å². The van der Waals surface area contributed by atoms with Gasteiger partial charge < -0.3 is 20.7 Å². The monoisotopic (exact) mass is 245 g/mol. The number of likely N-dealkylation sites (N-methyl/N-ethyl adjacent to an activating group) is 1. The lowest BCUT2D eigenvalue weighted by Crippen LogP contribution is -2.40. The quantitative estimate of drug-likeness (QED) is 0.594. The van der Waals surface area contributed by atoms with E-state index in [4.69, 9.17) is 10.5 Å². The van der Waals surface area contributed by atoms with E-state index in [2.05, 4.69) is 5.32 Å². The molecule has 0 aromatic rings. The van der Waals surface area contributed by atoms with Crippen LogP contribution < -0.4 is 11.1 Å². The SMILES string of the molecule is CCOC(CN)CC(=O)NCC(=O)N(C)CC. The molecule has 0 saturated carbocycles. The Morgan fingerprint density at radius 2 is 2.06 bits per heavy atom. The first kappa shape index (κ1) is 15.9. The normalized spacial score (nSPS) is 12.0. The molecule has 0 rings (SSSR count). The van der Waals surface area contributed by atoms with Crippen LogP contribution in [0.3, 0.4) is 0 Å². The summed E-state index contributed by atoms with van der Waals surface area (Å²) in [6.07, 6.45) is -0.0907. The third-order valence-corrected chi connectivity index (χ3v) is 2.42.